The van der Waals surface area contributed by atoms with Gasteiger partial charge in [0.1, 0.15) is 5.41 Å². The van der Waals surface area contributed by atoms with Gasteiger partial charge in [-0.2, -0.15) is 0 Å². The summed E-state index contributed by atoms with van der Waals surface area (Å²) in [6.45, 7) is 6.48. The zero-order valence-electron chi connectivity index (χ0n) is 17.4. The number of hydrogen-bond donors (Lipinski definition) is 0. The summed E-state index contributed by atoms with van der Waals surface area (Å²) in [4.78, 5) is 32.9. The number of aryl methyl sites for hydroxylation is 1. The molecule has 2 heterocycles. The fourth-order valence-corrected chi connectivity index (χ4v) is 4.59. The van der Waals surface area contributed by atoms with Crippen molar-refractivity contribution in [3.8, 4) is 0 Å². The van der Waals surface area contributed by atoms with Gasteiger partial charge in [0.2, 0.25) is 0 Å². The Morgan fingerprint density at radius 2 is 1.97 bits per heavy atom. The van der Waals surface area contributed by atoms with Crippen LogP contribution in [0.5, 0.6) is 0 Å². The molecule has 1 aromatic carbocycles. The number of aromatic nitrogens is 1. The highest BCUT2D eigenvalue weighted by Gasteiger charge is 2.54. The van der Waals surface area contributed by atoms with E-state index in [0.29, 0.717) is 25.0 Å². The molecule has 5 heteroatoms. The molecule has 4 rings (SSSR count). The quantitative estimate of drug-likeness (QED) is 0.751. The number of carbonyl (C=O) groups excluding carboxylic acids is 2. The lowest BCUT2D eigenvalue weighted by Crippen LogP contribution is -2.57. The summed E-state index contributed by atoms with van der Waals surface area (Å²) in [5.41, 5.74) is 3.04. The van der Waals surface area contributed by atoms with Crippen LogP contribution in [0.25, 0.3) is 6.08 Å². The third-order valence-electron chi connectivity index (χ3n) is 6.47. The van der Waals surface area contributed by atoms with E-state index in [1.165, 1.54) is 7.11 Å². The van der Waals surface area contributed by atoms with Crippen molar-refractivity contribution < 1.29 is 14.3 Å². The topological polar surface area (TPSA) is 59.5 Å². The normalized spacial score (nSPS) is 21.2. The minimum absolute atomic E-state index is 0.110. The van der Waals surface area contributed by atoms with Gasteiger partial charge in [0.15, 0.2) is 0 Å². The maximum Gasteiger partial charge on any atom is 0.316 e. The highest BCUT2D eigenvalue weighted by molar-refractivity contribution is 6.07. The van der Waals surface area contributed by atoms with E-state index in [1.807, 2.05) is 74.3 Å². The van der Waals surface area contributed by atoms with Gasteiger partial charge in [0.05, 0.1) is 12.6 Å². The lowest BCUT2D eigenvalue weighted by atomic mass is 9.65. The van der Waals surface area contributed by atoms with Crippen LogP contribution in [0.4, 0.5) is 0 Å². The highest BCUT2D eigenvalue weighted by atomic mass is 16.5. The maximum absolute atomic E-state index is 13.7. The van der Waals surface area contributed by atoms with Gasteiger partial charge in [-0.3, -0.25) is 14.6 Å². The fourth-order valence-electron chi connectivity index (χ4n) is 4.59. The van der Waals surface area contributed by atoms with Crippen molar-refractivity contribution in [3.63, 3.8) is 0 Å². The van der Waals surface area contributed by atoms with E-state index in [2.05, 4.69) is 4.98 Å². The monoisotopic (exact) mass is 390 g/mol. The number of nitrogens with zero attached hydrogens (tertiary/aromatic N) is 2. The van der Waals surface area contributed by atoms with Crippen LogP contribution in [0.3, 0.4) is 0 Å². The Balaban J connectivity index is 1.79. The van der Waals surface area contributed by atoms with Gasteiger partial charge in [0, 0.05) is 24.0 Å². The first-order valence-electron chi connectivity index (χ1n) is 9.93. The number of hydrogen-bond acceptors (Lipinski definition) is 4. The molecule has 1 fully saturated rings. The molecule has 1 saturated heterocycles. The van der Waals surface area contributed by atoms with Crippen molar-refractivity contribution in [3.05, 3.63) is 70.6 Å². The fraction of sp³-hybridized carbons (Fsp3) is 0.375. The van der Waals surface area contributed by atoms with E-state index >= 15 is 0 Å². The van der Waals surface area contributed by atoms with Crippen molar-refractivity contribution in [2.45, 2.75) is 39.2 Å². The van der Waals surface area contributed by atoms with Gasteiger partial charge >= 0.3 is 5.97 Å². The average molecular weight is 390 g/mol. The van der Waals surface area contributed by atoms with Gasteiger partial charge < -0.3 is 9.64 Å². The molecule has 1 atom stereocenters. The SMILES string of the molecule is COC(=O)C12CCN(C(C)(C)c3ccc(C)nc3)C(=O)C1=Cc1ccccc1C2. The number of likely N-dealkylation sites (tertiary alicyclic amines) is 1. The molecule has 0 N–H and O–H groups in total. The van der Waals surface area contributed by atoms with Crippen LogP contribution in [-0.4, -0.2) is 35.4 Å². The summed E-state index contributed by atoms with van der Waals surface area (Å²) in [6.07, 6.45) is 4.74. The van der Waals surface area contributed by atoms with E-state index in [4.69, 9.17) is 4.74 Å². The molecule has 1 unspecified atom stereocenters. The number of benzene rings is 1. The number of piperidine rings is 1. The van der Waals surface area contributed by atoms with E-state index in [-0.39, 0.29) is 11.9 Å². The Morgan fingerprint density at radius 1 is 1.21 bits per heavy atom. The minimum atomic E-state index is -0.918. The number of fused-ring (bicyclic) bond motifs is 2. The molecular formula is C24H26N2O3. The molecule has 0 spiro atoms. The van der Waals surface area contributed by atoms with Gasteiger partial charge in [0.25, 0.3) is 5.91 Å². The molecule has 5 nitrogen and oxygen atoms in total. The second-order valence-electron chi connectivity index (χ2n) is 8.46. The molecule has 1 aliphatic carbocycles. The largest absolute Gasteiger partial charge is 0.468 e. The van der Waals surface area contributed by atoms with Crippen LogP contribution in [0.1, 0.15) is 42.7 Å². The van der Waals surface area contributed by atoms with Crippen LogP contribution in [0, 0.1) is 12.3 Å². The molecule has 150 valence electrons. The molecule has 0 radical (unpaired) electrons. The lowest BCUT2D eigenvalue weighted by molar-refractivity contribution is -0.157. The van der Waals surface area contributed by atoms with Crippen molar-refractivity contribution in [1.82, 2.24) is 9.88 Å². The highest BCUT2D eigenvalue weighted by Crippen LogP contribution is 2.48. The molecule has 0 bridgehead atoms. The predicted molar refractivity (Wildman–Crippen MR) is 111 cm³/mol. The van der Waals surface area contributed by atoms with Crippen LogP contribution >= 0.6 is 0 Å². The first-order valence-corrected chi connectivity index (χ1v) is 9.93. The second-order valence-corrected chi connectivity index (χ2v) is 8.46. The maximum atomic E-state index is 13.7. The smallest absolute Gasteiger partial charge is 0.316 e. The summed E-state index contributed by atoms with van der Waals surface area (Å²) in [5.74, 6) is -0.442. The first-order chi connectivity index (χ1) is 13.8. The molecule has 1 aromatic heterocycles. The molecule has 0 saturated carbocycles. The molecule has 1 aliphatic heterocycles. The van der Waals surface area contributed by atoms with E-state index < -0.39 is 11.0 Å². The van der Waals surface area contributed by atoms with E-state index in [1.54, 1.807) is 0 Å². The second kappa shape index (κ2) is 6.83. The third-order valence-corrected chi connectivity index (χ3v) is 6.47. The standard InChI is InChI=1S/C24H26N2O3/c1-16-9-10-19(15-25-16)23(2,3)26-12-11-24(22(28)29-4)14-18-8-6-5-7-17(18)13-20(24)21(26)27/h5-10,13,15H,11-12,14H2,1-4H3. The predicted octanol–water partition coefficient (Wildman–Crippen LogP) is 3.66. The van der Waals surface area contributed by atoms with E-state index in [0.717, 1.165) is 22.4 Å². The number of ether oxygens (including phenoxy) is 1. The van der Waals surface area contributed by atoms with Crippen molar-refractivity contribution in [1.29, 1.82) is 0 Å². The van der Waals surface area contributed by atoms with E-state index in [9.17, 15) is 9.59 Å². The lowest BCUT2D eigenvalue weighted by Gasteiger charge is -2.48. The summed E-state index contributed by atoms with van der Waals surface area (Å²) in [7, 11) is 1.40. The van der Waals surface area contributed by atoms with Crippen LogP contribution < -0.4 is 0 Å². The molecule has 29 heavy (non-hydrogen) atoms. The summed E-state index contributed by atoms with van der Waals surface area (Å²) in [5, 5.41) is 0. The number of carbonyl (C=O) groups is 2. The number of pyridine rings is 1. The zero-order chi connectivity index (χ0) is 20.8. The summed E-state index contributed by atoms with van der Waals surface area (Å²) >= 11 is 0. The van der Waals surface area contributed by atoms with Gasteiger partial charge in [-0.15, -0.1) is 0 Å². The van der Waals surface area contributed by atoms with Gasteiger partial charge in [-0.05, 0) is 62.4 Å². The van der Waals surface area contributed by atoms with Crippen LogP contribution in [-0.2, 0) is 26.3 Å². The Labute approximate surface area is 171 Å². The first kappa shape index (κ1) is 19.4. The van der Waals surface area contributed by atoms with Crippen molar-refractivity contribution in [2.24, 2.45) is 5.41 Å². The average Bonchev–Trinajstić information content (AvgIpc) is 2.72. The Morgan fingerprint density at radius 3 is 2.66 bits per heavy atom. The number of methoxy groups -OCH3 is 1. The summed E-state index contributed by atoms with van der Waals surface area (Å²) < 4.78 is 5.17. The van der Waals surface area contributed by atoms with Crippen LogP contribution in [0.15, 0.2) is 48.2 Å². The number of esters is 1. The molecular weight excluding hydrogens is 364 g/mol. The Bertz CT molecular complexity index is 1010. The zero-order valence-corrected chi connectivity index (χ0v) is 17.4. The Kier molecular flexibility index (Phi) is 4.56. The molecule has 1 amide bonds. The van der Waals surface area contributed by atoms with Gasteiger partial charge in [-0.25, -0.2) is 0 Å². The molecule has 2 aromatic rings. The molecule has 2 aliphatic rings. The van der Waals surface area contributed by atoms with Crippen molar-refractivity contribution in [2.75, 3.05) is 13.7 Å². The van der Waals surface area contributed by atoms with Crippen molar-refractivity contribution >= 4 is 18.0 Å². The van der Waals surface area contributed by atoms with Crippen LogP contribution in [0.2, 0.25) is 0 Å². The minimum Gasteiger partial charge on any atom is -0.468 e. The number of amides is 1. The third kappa shape index (κ3) is 2.96. The number of rotatable bonds is 3. The summed E-state index contributed by atoms with van der Waals surface area (Å²) in [6, 6.07) is 11.9. The van der Waals surface area contributed by atoms with Gasteiger partial charge in [-0.1, -0.05) is 30.3 Å². The Hall–Kier alpha value is -2.95.